The van der Waals surface area contributed by atoms with Gasteiger partial charge >= 0.3 is 0 Å². The van der Waals surface area contributed by atoms with E-state index in [0.717, 1.165) is 81.9 Å². The van der Waals surface area contributed by atoms with E-state index in [1.165, 1.54) is 62.5 Å². The summed E-state index contributed by atoms with van der Waals surface area (Å²) in [6.07, 6.45) is 26.9. The Morgan fingerprint density at radius 3 is 1.95 bits per heavy atom. The number of nitrogens with one attached hydrogen (secondary N) is 2. The lowest BCUT2D eigenvalue weighted by molar-refractivity contribution is 0.632. The van der Waals surface area contributed by atoms with Gasteiger partial charge in [-0.1, -0.05) is 65.2 Å². The standard InChI is InChI=1S/C38H46N6/c1-4-6-8-10-12-14-29-31-18-16-27(40-31)26-28-17-19-32(41-28)30(15-13-11-9-7-5-2)34-21-23-36(43-34)37(35-22-20-33(29)42-35)38-39-24-25-44(38)3/h16-26,40,43H,4-15H2,1-3H3. The second-order valence-electron chi connectivity index (χ2n) is 12.3. The van der Waals surface area contributed by atoms with Crippen molar-refractivity contribution >= 4 is 46.4 Å². The smallest absolute Gasteiger partial charge is 0.143 e. The van der Waals surface area contributed by atoms with Crippen LogP contribution in [0.4, 0.5) is 0 Å². The van der Waals surface area contributed by atoms with Crippen molar-refractivity contribution in [3.05, 3.63) is 76.6 Å². The molecule has 0 radical (unpaired) electrons. The van der Waals surface area contributed by atoms with Crippen molar-refractivity contribution in [2.24, 2.45) is 7.05 Å². The molecule has 0 saturated heterocycles. The first-order chi connectivity index (χ1) is 21.6. The highest BCUT2D eigenvalue weighted by Crippen LogP contribution is 2.31. The molecule has 0 fully saturated rings. The molecular weight excluding hydrogens is 540 g/mol. The molecule has 6 nitrogen and oxygen atoms in total. The van der Waals surface area contributed by atoms with Crippen molar-refractivity contribution in [2.45, 2.75) is 90.9 Å². The minimum atomic E-state index is 0.900. The van der Waals surface area contributed by atoms with E-state index in [0.29, 0.717) is 0 Å². The van der Waals surface area contributed by atoms with E-state index < -0.39 is 0 Å². The summed E-state index contributed by atoms with van der Waals surface area (Å²) in [5, 5.41) is 0. The largest absolute Gasteiger partial charge is 0.355 e. The molecule has 0 amide bonds. The Hall–Kier alpha value is -4.19. The second-order valence-corrected chi connectivity index (χ2v) is 12.3. The maximum absolute atomic E-state index is 5.29. The molecule has 228 valence electrons. The number of hydrogen-bond donors (Lipinski definition) is 2. The van der Waals surface area contributed by atoms with Crippen LogP contribution in [0.2, 0.25) is 0 Å². The summed E-state index contributed by atoms with van der Waals surface area (Å²) < 4.78 is 2.08. The number of imidazole rings is 1. The Morgan fingerprint density at radius 2 is 1.25 bits per heavy atom. The second kappa shape index (κ2) is 14.1. The summed E-state index contributed by atoms with van der Waals surface area (Å²) in [7, 11) is 2.05. The molecule has 8 bridgehead atoms. The van der Waals surface area contributed by atoms with E-state index in [2.05, 4.69) is 90.1 Å². The zero-order chi connectivity index (χ0) is 30.3. The molecule has 0 saturated carbocycles. The average Bonchev–Trinajstić information content (AvgIpc) is 3.86. The predicted octanol–water partition coefficient (Wildman–Crippen LogP) is 10.1. The lowest BCUT2D eigenvalue weighted by atomic mass is 10.0. The SMILES string of the molecule is CCCCCCCc1c2nc(c(-c3nccn3C)c3ccc([nH]3)c(CCCCCCC)c3nc(cc4ccc1[nH]4)C=C3)C=C2. The topological polar surface area (TPSA) is 75.2 Å². The van der Waals surface area contributed by atoms with E-state index in [9.17, 15) is 0 Å². The van der Waals surface area contributed by atoms with Gasteiger partial charge in [0.05, 0.1) is 33.9 Å². The molecule has 0 spiro atoms. The van der Waals surface area contributed by atoms with Gasteiger partial charge in [0.25, 0.3) is 0 Å². The molecule has 2 aliphatic heterocycles. The Morgan fingerprint density at radius 1 is 0.636 bits per heavy atom. The highest BCUT2D eigenvalue weighted by Gasteiger charge is 2.17. The number of rotatable bonds is 13. The maximum atomic E-state index is 5.29. The first kappa shape index (κ1) is 29.9. The minimum Gasteiger partial charge on any atom is -0.355 e. The number of fused-ring (bicyclic) bond motifs is 8. The number of H-pyrrole nitrogens is 2. The van der Waals surface area contributed by atoms with Crippen LogP contribution >= 0.6 is 0 Å². The molecule has 0 atom stereocenters. The van der Waals surface area contributed by atoms with Crippen molar-refractivity contribution in [1.29, 1.82) is 0 Å². The quantitative estimate of drug-likeness (QED) is 0.132. The highest BCUT2D eigenvalue weighted by atomic mass is 15.0. The van der Waals surface area contributed by atoms with E-state index >= 15 is 0 Å². The summed E-state index contributed by atoms with van der Waals surface area (Å²) >= 11 is 0. The van der Waals surface area contributed by atoms with Crippen LogP contribution in [0, 0.1) is 0 Å². The van der Waals surface area contributed by atoms with Gasteiger partial charge in [-0.2, -0.15) is 0 Å². The van der Waals surface area contributed by atoms with Crippen molar-refractivity contribution < 1.29 is 0 Å². The number of aromatic nitrogens is 6. The summed E-state index contributed by atoms with van der Waals surface area (Å²) in [6.45, 7) is 4.54. The molecule has 0 unspecified atom stereocenters. The van der Waals surface area contributed by atoms with Gasteiger partial charge in [-0.15, -0.1) is 0 Å². The van der Waals surface area contributed by atoms with Gasteiger partial charge in [-0.3, -0.25) is 0 Å². The molecule has 2 aliphatic rings. The number of aryl methyl sites for hydroxylation is 3. The molecule has 6 rings (SSSR count). The third kappa shape index (κ3) is 6.64. The van der Waals surface area contributed by atoms with Gasteiger partial charge in [0.1, 0.15) is 5.82 Å². The molecule has 6 heteroatoms. The first-order valence-corrected chi connectivity index (χ1v) is 16.7. The van der Waals surface area contributed by atoms with Gasteiger partial charge in [0, 0.05) is 47.1 Å². The Balaban J connectivity index is 1.57. The normalized spacial score (nSPS) is 12.4. The lowest BCUT2D eigenvalue weighted by Gasteiger charge is -2.06. The molecule has 4 aromatic heterocycles. The fraction of sp³-hybridized carbons (Fsp3) is 0.395. The van der Waals surface area contributed by atoms with Crippen LogP contribution in [-0.4, -0.2) is 29.5 Å². The van der Waals surface area contributed by atoms with Crippen LogP contribution in [0.15, 0.2) is 42.7 Å². The Kier molecular flexibility index (Phi) is 9.55. The third-order valence-corrected chi connectivity index (χ3v) is 8.90. The Bertz CT molecular complexity index is 1800. The van der Waals surface area contributed by atoms with Gasteiger partial charge in [-0.05, 0) is 80.3 Å². The van der Waals surface area contributed by atoms with Gasteiger partial charge < -0.3 is 14.5 Å². The summed E-state index contributed by atoms with van der Waals surface area (Å²) in [4.78, 5) is 22.7. The first-order valence-electron chi connectivity index (χ1n) is 16.7. The zero-order valence-electron chi connectivity index (χ0n) is 26.6. The number of aromatic amines is 2. The van der Waals surface area contributed by atoms with Crippen molar-refractivity contribution in [2.75, 3.05) is 0 Å². The fourth-order valence-electron chi connectivity index (χ4n) is 6.44. The van der Waals surface area contributed by atoms with Crippen LogP contribution in [0.5, 0.6) is 0 Å². The molecule has 2 N–H and O–H groups in total. The molecule has 4 aromatic rings. The number of nitrogens with zero attached hydrogens (tertiary/aromatic N) is 4. The predicted molar refractivity (Wildman–Crippen MR) is 186 cm³/mol. The fourth-order valence-corrected chi connectivity index (χ4v) is 6.44. The van der Waals surface area contributed by atoms with Crippen LogP contribution in [0.3, 0.4) is 0 Å². The van der Waals surface area contributed by atoms with E-state index in [1.54, 1.807) is 0 Å². The van der Waals surface area contributed by atoms with E-state index in [1.807, 2.05) is 12.4 Å². The van der Waals surface area contributed by atoms with Gasteiger partial charge in [0.15, 0.2) is 0 Å². The van der Waals surface area contributed by atoms with Crippen molar-refractivity contribution in [3.63, 3.8) is 0 Å². The van der Waals surface area contributed by atoms with Crippen LogP contribution in [0.1, 0.15) is 112 Å². The van der Waals surface area contributed by atoms with E-state index in [-0.39, 0.29) is 0 Å². The number of hydrogen-bond acceptors (Lipinski definition) is 3. The number of unbranched alkanes of at least 4 members (excludes halogenated alkanes) is 8. The monoisotopic (exact) mass is 586 g/mol. The van der Waals surface area contributed by atoms with Crippen molar-refractivity contribution in [1.82, 2.24) is 29.5 Å². The van der Waals surface area contributed by atoms with E-state index in [4.69, 9.17) is 15.0 Å². The van der Waals surface area contributed by atoms with Crippen LogP contribution < -0.4 is 0 Å². The minimum absolute atomic E-state index is 0.900. The maximum Gasteiger partial charge on any atom is 0.143 e. The Labute approximate surface area is 261 Å². The lowest BCUT2D eigenvalue weighted by Crippen LogP contribution is -1.96. The van der Waals surface area contributed by atoms with Crippen LogP contribution in [0.25, 0.3) is 57.8 Å². The van der Waals surface area contributed by atoms with Crippen molar-refractivity contribution in [3.8, 4) is 11.4 Å². The van der Waals surface area contributed by atoms with Gasteiger partial charge in [-0.25, -0.2) is 15.0 Å². The zero-order valence-corrected chi connectivity index (χ0v) is 26.6. The summed E-state index contributed by atoms with van der Waals surface area (Å²) in [6, 6.07) is 10.9. The molecule has 0 aromatic carbocycles. The summed E-state index contributed by atoms with van der Waals surface area (Å²) in [5.41, 5.74) is 11.9. The average molecular weight is 587 g/mol. The highest BCUT2D eigenvalue weighted by molar-refractivity contribution is 5.90. The molecular formula is C38H46N6. The third-order valence-electron chi connectivity index (χ3n) is 8.90. The van der Waals surface area contributed by atoms with Gasteiger partial charge in [0.2, 0.25) is 0 Å². The summed E-state index contributed by atoms with van der Waals surface area (Å²) in [5.74, 6) is 0.900. The molecule has 44 heavy (non-hydrogen) atoms. The molecule has 6 heterocycles. The molecule has 0 aliphatic carbocycles. The van der Waals surface area contributed by atoms with Crippen LogP contribution in [-0.2, 0) is 19.9 Å².